The van der Waals surface area contributed by atoms with E-state index >= 15 is 4.79 Å². The van der Waals surface area contributed by atoms with Crippen molar-refractivity contribution < 1.29 is 34.4 Å². The number of fused-ring (bicyclic) bond motifs is 6. The minimum atomic E-state index is -2.31. The number of hydrogen-bond donors (Lipinski definition) is 6. The number of hydrogen-bond acceptors (Lipinski definition) is 11. The zero-order chi connectivity index (χ0) is 38.9. The highest BCUT2D eigenvalue weighted by Gasteiger charge is 2.78. The van der Waals surface area contributed by atoms with Crippen LogP contribution in [0.15, 0.2) is 48.6 Å². The summed E-state index contributed by atoms with van der Waals surface area (Å²) in [4.78, 5) is 39.4. The van der Waals surface area contributed by atoms with Crippen LogP contribution >= 0.6 is 0 Å². The topological polar surface area (TPSA) is 177 Å². The molecule has 3 fully saturated rings. The molecule has 5 aliphatic heterocycles. The summed E-state index contributed by atoms with van der Waals surface area (Å²) in [6, 6.07) is 10.9. The van der Waals surface area contributed by atoms with E-state index in [1.165, 1.54) is 7.11 Å². The molecule has 3 aromatic rings. The molecule has 0 radical (unpaired) electrons. The summed E-state index contributed by atoms with van der Waals surface area (Å²) in [5.74, 6) is 4.88. The lowest BCUT2D eigenvalue weighted by Crippen LogP contribution is -2.81. The molecule has 6 heterocycles. The second kappa shape index (κ2) is 12.3. The van der Waals surface area contributed by atoms with Crippen molar-refractivity contribution in [3.63, 3.8) is 0 Å². The predicted molar refractivity (Wildman–Crippen MR) is 207 cm³/mol. The van der Waals surface area contributed by atoms with Crippen LogP contribution in [0, 0.1) is 11.3 Å². The molecule has 13 nitrogen and oxygen atoms in total. The molecule has 2 bridgehead atoms. The highest BCUT2D eigenvalue weighted by Crippen LogP contribution is 2.67. The van der Waals surface area contributed by atoms with Crippen molar-refractivity contribution in [2.45, 2.75) is 86.2 Å². The fraction of sp³-hybridized carbons (Fsp3) is 0.571. The molecular weight excluding hydrogens is 700 g/mol. The van der Waals surface area contributed by atoms with E-state index in [4.69, 9.17) is 15.3 Å². The Bertz CT molecular complexity index is 2120. The lowest BCUT2D eigenvalue weighted by Gasteiger charge is -2.62. The van der Waals surface area contributed by atoms with E-state index in [0.29, 0.717) is 69.6 Å². The van der Waals surface area contributed by atoms with Crippen LogP contribution in [0.5, 0.6) is 5.75 Å². The number of aliphatic hydroxyl groups is 3. The number of nitrogens with two attached hydrogens (primary N) is 1. The molecule has 294 valence electrons. The first kappa shape index (κ1) is 36.6. The molecule has 1 spiro atoms. The Morgan fingerprint density at radius 2 is 1.87 bits per heavy atom. The third-order valence-electron chi connectivity index (χ3n) is 14.9. The molecule has 2 saturated heterocycles. The number of ether oxygens (including phenoxy) is 2. The monoisotopic (exact) mass is 754 g/mol. The van der Waals surface area contributed by atoms with Crippen molar-refractivity contribution in [1.82, 2.24) is 20.2 Å². The molecule has 1 saturated carbocycles. The third-order valence-corrected chi connectivity index (χ3v) is 14.9. The Balaban J connectivity index is 1.36. The van der Waals surface area contributed by atoms with Crippen molar-refractivity contribution in [2.24, 2.45) is 17.2 Å². The summed E-state index contributed by atoms with van der Waals surface area (Å²) in [7, 11) is 4.87. The second-order valence-corrected chi connectivity index (χ2v) is 17.5. The zero-order valence-corrected chi connectivity index (χ0v) is 32.4. The molecule has 2 unspecified atom stereocenters. The summed E-state index contributed by atoms with van der Waals surface area (Å²) in [5.41, 5.74) is 0.587. The Hall–Kier alpha value is -3.98. The van der Waals surface area contributed by atoms with E-state index in [2.05, 4.69) is 32.3 Å². The average Bonchev–Trinajstić information content (AvgIpc) is 3.85. The first-order valence-electron chi connectivity index (χ1n) is 19.7. The van der Waals surface area contributed by atoms with Crippen LogP contribution in [0.1, 0.15) is 61.9 Å². The second-order valence-electron chi connectivity index (χ2n) is 17.5. The number of aliphatic hydroxyl groups excluding tert-OH is 1. The number of benzene rings is 2. The fourth-order valence-corrected chi connectivity index (χ4v) is 12.9. The van der Waals surface area contributed by atoms with Gasteiger partial charge in [-0.15, -0.1) is 0 Å². The van der Waals surface area contributed by atoms with Gasteiger partial charge in [0.15, 0.2) is 5.60 Å². The summed E-state index contributed by atoms with van der Waals surface area (Å²) in [5, 5.41) is 37.9. The van der Waals surface area contributed by atoms with Crippen molar-refractivity contribution in [1.29, 1.82) is 0 Å². The summed E-state index contributed by atoms with van der Waals surface area (Å²) in [6.07, 6.45) is 5.16. The van der Waals surface area contributed by atoms with Crippen molar-refractivity contribution in [3.8, 4) is 5.75 Å². The lowest BCUT2D eigenvalue weighted by atomic mass is 9.48. The number of H-pyrrole nitrogens is 1. The zero-order valence-electron chi connectivity index (χ0n) is 32.4. The Morgan fingerprint density at radius 1 is 1.09 bits per heavy atom. The van der Waals surface area contributed by atoms with Gasteiger partial charge < -0.3 is 34.7 Å². The van der Waals surface area contributed by atoms with Crippen LogP contribution in [-0.4, -0.2) is 125 Å². The van der Waals surface area contributed by atoms with E-state index in [1.54, 1.807) is 7.11 Å². The minimum absolute atomic E-state index is 0.0846. The highest BCUT2D eigenvalue weighted by atomic mass is 16.5. The highest BCUT2D eigenvalue weighted by molar-refractivity contribution is 5.95. The molecule has 55 heavy (non-hydrogen) atoms. The van der Waals surface area contributed by atoms with Crippen LogP contribution in [0.3, 0.4) is 0 Å². The SMILES string of the molecule is CC[C@]1(O)C[C@H]2CN(CCc3c([nH]c4ccccc34)[C@@](C(=O)OC)(c3cc4c(cc3OC)N(C)[C@H]3[C@@](O)(C(=O)NN)[C@H](O)[C@]5(C)C=CCN6CC[C@]43C65)C2)C1. The number of carbonyl (C=O) groups excluding carboxylic acids is 2. The number of likely N-dealkylation sites (N-methyl/N-ethyl adjacent to an activating group) is 1. The largest absolute Gasteiger partial charge is 0.496 e. The van der Waals surface area contributed by atoms with E-state index in [-0.39, 0.29) is 12.0 Å². The number of esters is 1. The van der Waals surface area contributed by atoms with Gasteiger partial charge in [0, 0.05) is 84.0 Å². The fourth-order valence-electron chi connectivity index (χ4n) is 12.9. The summed E-state index contributed by atoms with van der Waals surface area (Å²) >= 11 is 0. The average molecular weight is 755 g/mol. The van der Waals surface area contributed by atoms with Gasteiger partial charge >= 0.3 is 5.97 Å². The Kier molecular flexibility index (Phi) is 8.17. The first-order chi connectivity index (χ1) is 26.3. The quantitative estimate of drug-likeness (QED) is 0.0737. The molecule has 1 aliphatic carbocycles. The number of aromatic amines is 1. The van der Waals surface area contributed by atoms with Crippen molar-refractivity contribution in [3.05, 3.63) is 70.9 Å². The maximum Gasteiger partial charge on any atom is 0.322 e. The van der Waals surface area contributed by atoms with Gasteiger partial charge in [-0.05, 0) is 67.8 Å². The number of para-hydroxylation sites is 1. The molecule has 10 atom stereocenters. The van der Waals surface area contributed by atoms with Crippen LogP contribution in [-0.2, 0) is 31.6 Å². The number of hydrazine groups is 1. The molecule has 2 aromatic carbocycles. The number of piperidine rings is 1. The molecule has 6 aliphatic rings. The molecule has 7 N–H and O–H groups in total. The molecule has 9 rings (SSSR count). The Labute approximate surface area is 321 Å². The third kappa shape index (κ3) is 4.56. The minimum Gasteiger partial charge on any atom is -0.496 e. The maximum absolute atomic E-state index is 15.2. The van der Waals surface area contributed by atoms with Crippen LogP contribution < -0.4 is 20.9 Å². The number of rotatable bonds is 5. The van der Waals surface area contributed by atoms with Gasteiger partial charge in [-0.1, -0.05) is 44.2 Å². The van der Waals surface area contributed by atoms with Gasteiger partial charge in [-0.2, -0.15) is 0 Å². The van der Waals surface area contributed by atoms with Crippen LogP contribution in [0.25, 0.3) is 10.9 Å². The normalized spacial score (nSPS) is 38.9. The van der Waals surface area contributed by atoms with Crippen molar-refractivity contribution in [2.75, 3.05) is 58.9 Å². The van der Waals surface area contributed by atoms with Gasteiger partial charge in [-0.25, -0.2) is 5.84 Å². The van der Waals surface area contributed by atoms with E-state index < -0.39 is 51.5 Å². The number of amides is 1. The number of nitrogens with zero attached hydrogens (tertiary/aromatic N) is 3. The van der Waals surface area contributed by atoms with Crippen molar-refractivity contribution >= 4 is 28.5 Å². The Morgan fingerprint density at radius 3 is 2.60 bits per heavy atom. The van der Waals surface area contributed by atoms with Crippen LogP contribution in [0.2, 0.25) is 0 Å². The van der Waals surface area contributed by atoms with Gasteiger partial charge in [-0.3, -0.25) is 24.8 Å². The number of methoxy groups -OCH3 is 2. The number of anilines is 1. The molecule has 1 aromatic heterocycles. The number of nitrogens with one attached hydrogen (secondary N) is 2. The maximum atomic E-state index is 15.2. The summed E-state index contributed by atoms with van der Waals surface area (Å²) in [6.45, 7) is 7.27. The predicted octanol–water partition coefficient (Wildman–Crippen LogP) is 1.85. The van der Waals surface area contributed by atoms with Gasteiger partial charge in [0.1, 0.15) is 17.3 Å². The summed E-state index contributed by atoms with van der Waals surface area (Å²) < 4.78 is 12.2. The lowest BCUT2D eigenvalue weighted by molar-refractivity contribution is -0.199. The number of aromatic nitrogens is 1. The van der Waals surface area contributed by atoms with E-state index in [9.17, 15) is 20.1 Å². The van der Waals surface area contributed by atoms with Crippen LogP contribution in [0.4, 0.5) is 5.69 Å². The van der Waals surface area contributed by atoms with E-state index in [0.717, 1.165) is 40.0 Å². The van der Waals surface area contributed by atoms with E-state index in [1.807, 2.05) is 62.2 Å². The first-order valence-corrected chi connectivity index (χ1v) is 19.7. The smallest absolute Gasteiger partial charge is 0.322 e. The number of carbonyl (C=O) groups is 2. The van der Waals surface area contributed by atoms with Gasteiger partial charge in [0.2, 0.25) is 0 Å². The molecular formula is C42H54N6O7. The van der Waals surface area contributed by atoms with Gasteiger partial charge in [0.05, 0.1) is 25.9 Å². The molecule has 1 amide bonds. The molecule has 13 heteroatoms. The van der Waals surface area contributed by atoms with Gasteiger partial charge in [0.25, 0.3) is 5.91 Å². The standard InChI is InChI=1S/C42H54N6O7/c1-6-39(52)20-24-21-41(37(51)55-5,32-26(12-16-47(22-24)23-39)25-10-7-8-11-29(25)44-32)28-18-27-30(19-31(28)54-4)46(3)34-40(27)14-17-48-15-9-13-38(2,33(40)48)35(49)42(34,53)36(50)45-43/h7-11,13,18-19,24,33-35,44,49,52-53H,6,12,14-17,20-23,43H2,1-5H3,(H,45,50)/t24-,33?,34-,35-,38-,39+,40-,41+,42+/m1/s1.